The molecule has 2 aromatic carbocycles. The predicted molar refractivity (Wildman–Crippen MR) is 83.0 cm³/mol. The number of carboxylic acid groups (broad SMARTS) is 1. The van der Waals surface area contributed by atoms with E-state index in [2.05, 4.69) is 5.32 Å². The molecule has 0 unspecified atom stereocenters. The van der Waals surface area contributed by atoms with Crippen LogP contribution in [-0.4, -0.2) is 16.2 Å². The molecule has 2 rings (SSSR count). The second-order valence-corrected chi connectivity index (χ2v) is 5.27. The SMILES string of the molecule is Cc1cc(C(=O)O)ccc1NCc1cc(C)c(O)c(C)c1. The molecule has 0 bridgehead atoms. The van der Waals surface area contributed by atoms with Crippen LogP contribution in [0.1, 0.15) is 32.6 Å². The van der Waals surface area contributed by atoms with E-state index in [1.54, 1.807) is 18.2 Å². The van der Waals surface area contributed by atoms with E-state index in [0.29, 0.717) is 12.3 Å². The zero-order valence-electron chi connectivity index (χ0n) is 12.4. The molecule has 0 saturated carbocycles. The Kier molecular flexibility index (Phi) is 4.17. The summed E-state index contributed by atoms with van der Waals surface area (Å²) in [6.45, 7) is 6.24. The number of carbonyl (C=O) groups is 1. The lowest BCUT2D eigenvalue weighted by Gasteiger charge is -2.12. The van der Waals surface area contributed by atoms with Crippen LogP contribution in [0.25, 0.3) is 0 Å². The lowest BCUT2D eigenvalue weighted by Crippen LogP contribution is -2.03. The number of aryl methyl sites for hydroxylation is 3. The van der Waals surface area contributed by atoms with Crippen molar-refractivity contribution in [3.8, 4) is 5.75 Å². The van der Waals surface area contributed by atoms with Gasteiger partial charge in [-0.15, -0.1) is 0 Å². The summed E-state index contributed by atoms with van der Waals surface area (Å²) < 4.78 is 0. The Bertz CT molecular complexity index is 669. The monoisotopic (exact) mass is 285 g/mol. The number of nitrogens with one attached hydrogen (secondary N) is 1. The molecule has 0 atom stereocenters. The van der Waals surface area contributed by atoms with Crippen LogP contribution < -0.4 is 5.32 Å². The molecule has 110 valence electrons. The van der Waals surface area contributed by atoms with Gasteiger partial charge in [0.2, 0.25) is 0 Å². The molecular weight excluding hydrogens is 266 g/mol. The minimum Gasteiger partial charge on any atom is -0.507 e. The minimum atomic E-state index is -0.922. The summed E-state index contributed by atoms with van der Waals surface area (Å²) in [4.78, 5) is 10.9. The zero-order valence-corrected chi connectivity index (χ0v) is 12.4. The van der Waals surface area contributed by atoms with Crippen molar-refractivity contribution in [2.45, 2.75) is 27.3 Å². The van der Waals surface area contributed by atoms with Crippen LogP contribution in [0.4, 0.5) is 5.69 Å². The molecule has 0 heterocycles. The molecule has 2 aromatic rings. The van der Waals surface area contributed by atoms with E-state index in [0.717, 1.165) is 27.9 Å². The Morgan fingerprint density at radius 2 is 1.67 bits per heavy atom. The molecule has 0 aliphatic heterocycles. The molecule has 4 heteroatoms. The number of benzene rings is 2. The van der Waals surface area contributed by atoms with E-state index in [-0.39, 0.29) is 5.56 Å². The average Bonchev–Trinajstić information content (AvgIpc) is 2.43. The molecular formula is C17H19NO3. The van der Waals surface area contributed by atoms with Crippen LogP contribution in [0.2, 0.25) is 0 Å². The Hall–Kier alpha value is -2.49. The van der Waals surface area contributed by atoms with E-state index in [4.69, 9.17) is 5.11 Å². The maximum atomic E-state index is 10.9. The highest BCUT2D eigenvalue weighted by Gasteiger charge is 2.07. The van der Waals surface area contributed by atoms with Gasteiger partial charge in [0, 0.05) is 12.2 Å². The fourth-order valence-electron chi connectivity index (χ4n) is 2.34. The number of phenolic OH excluding ortho intramolecular Hbond substituents is 1. The van der Waals surface area contributed by atoms with Gasteiger partial charge in [-0.05, 0) is 61.2 Å². The van der Waals surface area contributed by atoms with E-state index >= 15 is 0 Å². The number of aromatic hydroxyl groups is 1. The molecule has 0 fully saturated rings. The first-order valence-electron chi connectivity index (χ1n) is 6.75. The third-order valence-corrected chi connectivity index (χ3v) is 3.51. The van der Waals surface area contributed by atoms with Crippen molar-refractivity contribution in [2.24, 2.45) is 0 Å². The van der Waals surface area contributed by atoms with Crippen molar-refractivity contribution in [1.82, 2.24) is 0 Å². The smallest absolute Gasteiger partial charge is 0.335 e. The summed E-state index contributed by atoms with van der Waals surface area (Å²) >= 11 is 0. The Balaban J connectivity index is 2.15. The van der Waals surface area contributed by atoms with Crippen molar-refractivity contribution >= 4 is 11.7 Å². The largest absolute Gasteiger partial charge is 0.507 e. The first-order valence-corrected chi connectivity index (χ1v) is 6.75. The maximum absolute atomic E-state index is 10.9. The molecule has 0 spiro atoms. The topological polar surface area (TPSA) is 69.6 Å². The number of hydrogen-bond acceptors (Lipinski definition) is 3. The van der Waals surface area contributed by atoms with Crippen LogP contribution >= 0.6 is 0 Å². The minimum absolute atomic E-state index is 0.286. The number of hydrogen-bond donors (Lipinski definition) is 3. The third-order valence-electron chi connectivity index (χ3n) is 3.51. The molecule has 3 N–H and O–H groups in total. The number of anilines is 1. The van der Waals surface area contributed by atoms with Gasteiger partial charge in [0.15, 0.2) is 0 Å². The second-order valence-electron chi connectivity index (χ2n) is 5.27. The van der Waals surface area contributed by atoms with Gasteiger partial charge >= 0.3 is 5.97 Å². The molecule has 0 saturated heterocycles. The van der Waals surface area contributed by atoms with Gasteiger partial charge in [-0.1, -0.05) is 12.1 Å². The highest BCUT2D eigenvalue weighted by Crippen LogP contribution is 2.24. The lowest BCUT2D eigenvalue weighted by molar-refractivity contribution is 0.0697. The maximum Gasteiger partial charge on any atom is 0.335 e. The Labute approximate surface area is 124 Å². The molecule has 21 heavy (non-hydrogen) atoms. The van der Waals surface area contributed by atoms with Crippen molar-refractivity contribution in [1.29, 1.82) is 0 Å². The normalized spacial score (nSPS) is 10.4. The fraction of sp³-hybridized carbons (Fsp3) is 0.235. The van der Waals surface area contributed by atoms with Crippen molar-refractivity contribution in [3.63, 3.8) is 0 Å². The number of phenols is 1. The molecule has 4 nitrogen and oxygen atoms in total. The predicted octanol–water partition coefficient (Wildman–Crippen LogP) is 3.63. The van der Waals surface area contributed by atoms with E-state index < -0.39 is 5.97 Å². The van der Waals surface area contributed by atoms with Gasteiger partial charge in [0.1, 0.15) is 5.75 Å². The summed E-state index contributed by atoms with van der Waals surface area (Å²) in [6, 6.07) is 8.90. The molecule has 0 aromatic heterocycles. The quantitative estimate of drug-likeness (QED) is 0.802. The van der Waals surface area contributed by atoms with E-state index in [1.165, 1.54) is 0 Å². The average molecular weight is 285 g/mol. The summed E-state index contributed by atoms with van der Waals surface area (Å²) in [5.74, 6) is -0.588. The summed E-state index contributed by atoms with van der Waals surface area (Å²) in [5.41, 5.74) is 4.86. The summed E-state index contributed by atoms with van der Waals surface area (Å²) in [6.07, 6.45) is 0. The summed E-state index contributed by atoms with van der Waals surface area (Å²) in [5, 5.41) is 22.0. The van der Waals surface area contributed by atoms with Crippen LogP contribution in [0.3, 0.4) is 0 Å². The molecule has 0 radical (unpaired) electrons. The van der Waals surface area contributed by atoms with Gasteiger partial charge in [0.25, 0.3) is 0 Å². The lowest BCUT2D eigenvalue weighted by atomic mass is 10.1. The van der Waals surface area contributed by atoms with Crippen LogP contribution in [0.15, 0.2) is 30.3 Å². The van der Waals surface area contributed by atoms with Crippen molar-refractivity contribution < 1.29 is 15.0 Å². The van der Waals surface area contributed by atoms with Crippen LogP contribution in [0, 0.1) is 20.8 Å². The van der Waals surface area contributed by atoms with Gasteiger partial charge in [-0.2, -0.15) is 0 Å². The van der Waals surface area contributed by atoms with Gasteiger partial charge < -0.3 is 15.5 Å². The second kappa shape index (κ2) is 5.87. The van der Waals surface area contributed by atoms with Crippen molar-refractivity contribution in [3.05, 3.63) is 58.1 Å². The fourth-order valence-corrected chi connectivity index (χ4v) is 2.34. The number of carboxylic acids is 1. The van der Waals surface area contributed by atoms with Crippen LogP contribution in [0.5, 0.6) is 5.75 Å². The Morgan fingerprint density at radius 1 is 1.05 bits per heavy atom. The molecule has 0 aliphatic rings. The van der Waals surface area contributed by atoms with Crippen LogP contribution in [-0.2, 0) is 6.54 Å². The first kappa shape index (κ1) is 14.9. The standard InChI is InChI=1S/C17H19NO3/c1-10-8-14(17(20)21)4-5-15(10)18-9-13-6-11(2)16(19)12(3)7-13/h4-8,18-19H,9H2,1-3H3,(H,20,21). The van der Waals surface area contributed by atoms with E-state index in [9.17, 15) is 9.90 Å². The molecule has 0 amide bonds. The van der Waals surface area contributed by atoms with Gasteiger partial charge in [0.05, 0.1) is 5.56 Å². The number of rotatable bonds is 4. The van der Waals surface area contributed by atoms with Gasteiger partial charge in [-0.3, -0.25) is 0 Å². The van der Waals surface area contributed by atoms with Crippen molar-refractivity contribution in [2.75, 3.05) is 5.32 Å². The summed E-state index contributed by atoms with van der Waals surface area (Å²) in [7, 11) is 0. The highest BCUT2D eigenvalue weighted by atomic mass is 16.4. The molecule has 0 aliphatic carbocycles. The number of aromatic carboxylic acids is 1. The Morgan fingerprint density at radius 3 is 2.19 bits per heavy atom. The third kappa shape index (κ3) is 3.34. The van der Waals surface area contributed by atoms with Gasteiger partial charge in [-0.25, -0.2) is 4.79 Å². The zero-order chi connectivity index (χ0) is 15.6. The van der Waals surface area contributed by atoms with E-state index in [1.807, 2.05) is 32.9 Å². The highest BCUT2D eigenvalue weighted by molar-refractivity contribution is 5.88. The first-order chi connectivity index (χ1) is 9.88.